The largest absolute Gasteiger partial charge is 0.495 e. The predicted molar refractivity (Wildman–Crippen MR) is 119 cm³/mol. The summed E-state index contributed by atoms with van der Waals surface area (Å²) < 4.78 is 5.48. The Balaban J connectivity index is 1.73. The van der Waals surface area contributed by atoms with Gasteiger partial charge in [-0.3, -0.25) is 0 Å². The van der Waals surface area contributed by atoms with Gasteiger partial charge >= 0.3 is 0 Å². The summed E-state index contributed by atoms with van der Waals surface area (Å²) >= 11 is 5.54. The number of rotatable bonds is 6. The third-order valence-electron chi connectivity index (χ3n) is 4.53. The molecule has 0 aliphatic heterocycles. The quantitative estimate of drug-likeness (QED) is 0.594. The predicted octanol–water partition coefficient (Wildman–Crippen LogP) is 4.72. The van der Waals surface area contributed by atoms with Crippen LogP contribution in [0, 0.1) is 0 Å². The number of benzene rings is 3. The van der Waals surface area contributed by atoms with Crippen LogP contribution < -0.4 is 10.1 Å². The van der Waals surface area contributed by atoms with Crippen LogP contribution in [0.25, 0.3) is 11.1 Å². The monoisotopic (exact) mass is 392 g/mol. The van der Waals surface area contributed by atoms with E-state index in [0.717, 1.165) is 22.4 Å². The van der Waals surface area contributed by atoms with E-state index in [2.05, 4.69) is 17.4 Å². The molecule has 5 heteroatoms. The second kappa shape index (κ2) is 9.35. The van der Waals surface area contributed by atoms with Crippen molar-refractivity contribution >= 4 is 23.0 Å². The first-order valence-electron chi connectivity index (χ1n) is 9.07. The minimum Gasteiger partial charge on any atom is -0.495 e. The Labute approximate surface area is 171 Å². The number of nitrogens with zero attached hydrogens (tertiary/aromatic N) is 1. The second-order valence-electron chi connectivity index (χ2n) is 6.52. The first kappa shape index (κ1) is 19.9. The van der Waals surface area contributed by atoms with Crippen molar-refractivity contribution in [3.63, 3.8) is 0 Å². The molecule has 0 spiro atoms. The van der Waals surface area contributed by atoms with Gasteiger partial charge in [-0.15, -0.1) is 0 Å². The fourth-order valence-electron chi connectivity index (χ4n) is 2.95. The van der Waals surface area contributed by atoms with Gasteiger partial charge in [0, 0.05) is 13.6 Å². The summed E-state index contributed by atoms with van der Waals surface area (Å²) in [6.45, 7) is 0.385. The van der Waals surface area contributed by atoms with E-state index >= 15 is 0 Å². The number of hydrogen-bond donors (Lipinski definition) is 2. The maximum Gasteiger partial charge on any atom is 0.173 e. The lowest BCUT2D eigenvalue weighted by Gasteiger charge is -2.25. The molecular formula is C23H24N2O2S. The lowest BCUT2D eigenvalue weighted by molar-refractivity contribution is 0.152. The maximum absolute atomic E-state index is 10.4. The Morgan fingerprint density at radius 3 is 2.29 bits per heavy atom. The van der Waals surface area contributed by atoms with Gasteiger partial charge in [0.25, 0.3) is 0 Å². The Hall–Kier alpha value is -2.89. The van der Waals surface area contributed by atoms with E-state index in [-0.39, 0.29) is 0 Å². The van der Waals surface area contributed by atoms with Gasteiger partial charge in [-0.2, -0.15) is 0 Å². The van der Waals surface area contributed by atoms with Crippen molar-refractivity contribution in [2.45, 2.75) is 6.10 Å². The van der Waals surface area contributed by atoms with Crippen molar-refractivity contribution in [1.29, 1.82) is 0 Å². The van der Waals surface area contributed by atoms with Crippen LogP contribution in [0.5, 0.6) is 5.75 Å². The van der Waals surface area contributed by atoms with Crippen molar-refractivity contribution in [3.05, 3.63) is 84.4 Å². The summed E-state index contributed by atoms with van der Waals surface area (Å²) in [7, 11) is 3.49. The molecule has 144 valence electrons. The third-order valence-corrected chi connectivity index (χ3v) is 4.94. The van der Waals surface area contributed by atoms with Crippen LogP contribution in [0.4, 0.5) is 5.69 Å². The molecule has 1 atom stereocenters. The van der Waals surface area contributed by atoms with Crippen LogP contribution in [0.1, 0.15) is 11.7 Å². The summed E-state index contributed by atoms with van der Waals surface area (Å²) in [5, 5.41) is 14.2. The minimum atomic E-state index is -0.622. The van der Waals surface area contributed by atoms with Crippen molar-refractivity contribution in [2.24, 2.45) is 0 Å². The van der Waals surface area contributed by atoms with E-state index in [4.69, 9.17) is 17.0 Å². The van der Waals surface area contributed by atoms with Crippen LogP contribution in [-0.2, 0) is 0 Å². The SMILES string of the molecule is COc1ccc(-c2ccccc2)cc1NC(=S)N(C)CC(O)c1ccccc1. The normalized spacial score (nSPS) is 11.5. The molecule has 28 heavy (non-hydrogen) atoms. The summed E-state index contributed by atoms with van der Waals surface area (Å²) in [6.07, 6.45) is -0.622. The number of thiocarbonyl (C=S) groups is 1. The van der Waals surface area contributed by atoms with Gasteiger partial charge in [-0.05, 0) is 41.0 Å². The molecule has 0 aliphatic carbocycles. The molecule has 0 fully saturated rings. The van der Waals surface area contributed by atoms with Gasteiger partial charge in [0.2, 0.25) is 0 Å². The molecule has 1 unspecified atom stereocenters. The third kappa shape index (κ3) is 4.88. The van der Waals surface area contributed by atoms with Crippen LogP contribution in [-0.4, -0.2) is 35.8 Å². The molecule has 0 heterocycles. The lowest BCUT2D eigenvalue weighted by Crippen LogP contribution is -2.34. The fraction of sp³-hybridized carbons (Fsp3) is 0.174. The average Bonchev–Trinajstić information content (AvgIpc) is 2.74. The highest BCUT2D eigenvalue weighted by Crippen LogP contribution is 2.31. The molecule has 0 radical (unpaired) electrons. The summed E-state index contributed by atoms with van der Waals surface area (Å²) in [6, 6.07) is 25.7. The molecule has 0 aromatic heterocycles. The van der Waals surface area contributed by atoms with Crippen molar-refractivity contribution in [1.82, 2.24) is 4.90 Å². The number of nitrogens with one attached hydrogen (secondary N) is 1. The molecule has 0 amide bonds. The Kier molecular flexibility index (Phi) is 6.63. The van der Waals surface area contributed by atoms with Gasteiger partial charge in [0.15, 0.2) is 5.11 Å². The molecule has 0 bridgehead atoms. The Morgan fingerprint density at radius 2 is 1.64 bits per heavy atom. The van der Waals surface area contributed by atoms with Gasteiger partial charge in [0.05, 0.1) is 18.9 Å². The molecule has 3 rings (SSSR count). The topological polar surface area (TPSA) is 44.7 Å². The summed E-state index contributed by atoms with van der Waals surface area (Å²) in [4.78, 5) is 1.82. The Bertz CT molecular complexity index is 916. The fourth-order valence-corrected chi connectivity index (χ4v) is 3.13. The summed E-state index contributed by atoms with van der Waals surface area (Å²) in [5.41, 5.74) is 3.83. The zero-order chi connectivity index (χ0) is 19.9. The summed E-state index contributed by atoms with van der Waals surface area (Å²) in [5.74, 6) is 0.707. The average molecular weight is 393 g/mol. The van der Waals surface area contributed by atoms with E-state index in [9.17, 15) is 5.11 Å². The van der Waals surface area contributed by atoms with E-state index in [1.54, 1.807) is 7.11 Å². The standard InChI is InChI=1S/C23H24N2O2S/c1-25(16-21(26)18-11-7-4-8-12-18)23(28)24-20-15-19(13-14-22(20)27-2)17-9-5-3-6-10-17/h3-15,21,26H,16H2,1-2H3,(H,24,28). The molecule has 0 saturated carbocycles. The molecule has 2 N–H and O–H groups in total. The highest BCUT2D eigenvalue weighted by atomic mass is 32.1. The number of hydrogen-bond acceptors (Lipinski definition) is 3. The van der Waals surface area contributed by atoms with Crippen molar-refractivity contribution < 1.29 is 9.84 Å². The first-order valence-corrected chi connectivity index (χ1v) is 9.48. The number of aliphatic hydroxyl groups excluding tert-OH is 1. The van der Waals surface area contributed by atoms with E-state index < -0.39 is 6.10 Å². The zero-order valence-corrected chi connectivity index (χ0v) is 16.8. The molecule has 3 aromatic carbocycles. The van der Waals surface area contributed by atoms with Gasteiger partial charge < -0.3 is 20.1 Å². The van der Waals surface area contributed by atoms with Crippen LogP contribution in [0.15, 0.2) is 78.9 Å². The van der Waals surface area contributed by atoms with Gasteiger partial charge in [0.1, 0.15) is 5.75 Å². The number of aliphatic hydroxyl groups is 1. The number of anilines is 1. The van der Waals surface area contributed by atoms with Crippen LogP contribution >= 0.6 is 12.2 Å². The van der Waals surface area contributed by atoms with E-state index in [1.165, 1.54) is 0 Å². The molecular weight excluding hydrogens is 368 g/mol. The lowest BCUT2D eigenvalue weighted by atomic mass is 10.0. The van der Waals surface area contributed by atoms with Crippen molar-refractivity contribution in [3.8, 4) is 16.9 Å². The highest BCUT2D eigenvalue weighted by Gasteiger charge is 2.14. The first-order chi connectivity index (χ1) is 13.6. The van der Waals surface area contributed by atoms with Gasteiger partial charge in [-0.25, -0.2) is 0 Å². The van der Waals surface area contributed by atoms with E-state index in [1.807, 2.05) is 78.7 Å². The number of ether oxygens (including phenoxy) is 1. The van der Waals surface area contributed by atoms with Gasteiger partial charge in [-0.1, -0.05) is 66.7 Å². The maximum atomic E-state index is 10.4. The smallest absolute Gasteiger partial charge is 0.173 e. The van der Waals surface area contributed by atoms with E-state index in [0.29, 0.717) is 17.4 Å². The second-order valence-corrected chi connectivity index (χ2v) is 6.90. The molecule has 3 aromatic rings. The molecule has 4 nitrogen and oxygen atoms in total. The molecule has 0 saturated heterocycles. The zero-order valence-electron chi connectivity index (χ0n) is 16.0. The van der Waals surface area contributed by atoms with Crippen LogP contribution in [0.3, 0.4) is 0 Å². The minimum absolute atomic E-state index is 0.385. The number of methoxy groups -OCH3 is 1. The number of likely N-dealkylation sites (N-methyl/N-ethyl adjacent to an activating group) is 1. The van der Waals surface area contributed by atoms with Crippen LogP contribution in [0.2, 0.25) is 0 Å². The van der Waals surface area contributed by atoms with Crippen molar-refractivity contribution in [2.75, 3.05) is 26.0 Å². The Morgan fingerprint density at radius 1 is 1.00 bits per heavy atom. The highest BCUT2D eigenvalue weighted by molar-refractivity contribution is 7.80. The molecule has 0 aliphatic rings.